The van der Waals surface area contributed by atoms with Crippen molar-refractivity contribution in [3.63, 3.8) is 0 Å². The summed E-state index contributed by atoms with van der Waals surface area (Å²) in [5.41, 5.74) is 0.550. The Bertz CT molecular complexity index is 444. The number of aromatic carboxylic acids is 1. The molecule has 1 aromatic rings. The van der Waals surface area contributed by atoms with Crippen LogP contribution in [0.2, 0.25) is 0 Å². The minimum Gasteiger partial charge on any atom is -0.477 e. The summed E-state index contributed by atoms with van der Waals surface area (Å²) in [6.45, 7) is 0. The fourth-order valence-corrected chi connectivity index (χ4v) is 2.31. The lowest BCUT2D eigenvalue weighted by Crippen LogP contribution is -2.15. The molecule has 1 heterocycles. The van der Waals surface area contributed by atoms with Crippen molar-refractivity contribution >= 4 is 5.97 Å². The zero-order valence-corrected chi connectivity index (χ0v) is 9.03. The van der Waals surface area contributed by atoms with Crippen LogP contribution in [-0.4, -0.2) is 16.1 Å². The van der Waals surface area contributed by atoms with Crippen molar-refractivity contribution in [1.82, 2.24) is 4.98 Å². The molecule has 1 fully saturated rings. The molecule has 0 aromatic carbocycles. The van der Waals surface area contributed by atoms with Gasteiger partial charge in [-0.3, -0.25) is 4.79 Å². The number of aromatic amines is 1. The van der Waals surface area contributed by atoms with E-state index >= 15 is 0 Å². The number of carboxylic acids is 1. The molecule has 0 amide bonds. The third kappa shape index (κ3) is 2.32. The Morgan fingerprint density at radius 2 is 1.94 bits per heavy atom. The topological polar surface area (TPSA) is 70.2 Å². The van der Waals surface area contributed by atoms with Gasteiger partial charge in [0.2, 0.25) is 0 Å². The number of aromatic nitrogens is 1. The van der Waals surface area contributed by atoms with Gasteiger partial charge in [-0.2, -0.15) is 0 Å². The van der Waals surface area contributed by atoms with Gasteiger partial charge in [0.1, 0.15) is 5.69 Å². The van der Waals surface area contributed by atoms with Gasteiger partial charge in [0, 0.05) is 17.8 Å². The number of pyridine rings is 1. The van der Waals surface area contributed by atoms with E-state index < -0.39 is 5.97 Å². The summed E-state index contributed by atoms with van der Waals surface area (Å²) in [6.07, 6.45) is 5.63. The molecule has 0 spiro atoms. The standard InChI is InChI=1S/C12H15NO3/c14-9-6-10(8-4-2-1-3-5-8)13-11(7-9)12(15)16/h6-8H,1-5H2,(H,13,14)(H,15,16). The summed E-state index contributed by atoms with van der Waals surface area (Å²) in [5.74, 6) is -0.754. The number of rotatable bonds is 2. The number of nitrogens with one attached hydrogen (secondary N) is 1. The Kier molecular flexibility index (Phi) is 3.08. The van der Waals surface area contributed by atoms with Crippen LogP contribution >= 0.6 is 0 Å². The predicted octanol–water partition coefficient (Wildman–Crippen LogP) is 2.12. The van der Waals surface area contributed by atoms with Gasteiger partial charge < -0.3 is 10.1 Å². The van der Waals surface area contributed by atoms with E-state index in [1.807, 2.05) is 0 Å². The fraction of sp³-hybridized carbons (Fsp3) is 0.500. The monoisotopic (exact) mass is 221 g/mol. The summed E-state index contributed by atoms with van der Waals surface area (Å²) in [5, 5.41) is 8.86. The van der Waals surface area contributed by atoms with Gasteiger partial charge in [0.05, 0.1) is 0 Å². The Labute approximate surface area is 93.3 Å². The average molecular weight is 221 g/mol. The molecule has 0 unspecified atom stereocenters. The molecule has 1 aliphatic carbocycles. The molecule has 16 heavy (non-hydrogen) atoms. The SMILES string of the molecule is O=C(O)c1cc(=O)cc(C2CCCCC2)[nH]1. The number of hydrogen-bond acceptors (Lipinski definition) is 2. The third-order valence-electron chi connectivity index (χ3n) is 3.14. The number of H-pyrrole nitrogens is 1. The van der Waals surface area contributed by atoms with E-state index in [-0.39, 0.29) is 11.1 Å². The highest BCUT2D eigenvalue weighted by atomic mass is 16.4. The number of carboxylic acid groups (broad SMARTS) is 1. The first-order valence-corrected chi connectivity index (χ1v) is 5.64. The van der Waals surface area contributed by atoms with Gasteiger partial charge in [-0.15, -0.1) is 0 Å². The lowest BCUT2D eigenvalue weighted by molar-refractivity contribution is 0.0690. The van der Waals surface area contributed by atoms with Crippen molar-refractivity contribution in [3.8, 4) is 0 Å². The molecule has 0 aliphatic heterocycles. The molecule has 4 nitrogen and oxygen atoms in total. The zero-order valence-electron chi connectivity index (χ0n) is 9.03. The van der Waals surface area contributed by atoms with Gasteiger partial charge in [-0.05, 0) is 18.8 Å². The molecule has 86 valence electrons. The maximum Gasteiger partial charge on any atom is 0.352 e. The maximum atomic E-state index is 11.4. The van der Waals surface area contributed by atoms with Crippen LogP contribution in [-0.2, 0) is 0 Å². The van der Waals surface area contributed by atoms with Crippen molar-refractivity contribution < 1.29 is 9.90 Å². The van der Waals surface area contributed by atoms with Crippen LogP contribution in [0.15, 0.2) is 16.9 Å². The van der Waals surface area contributed by atoms with E-state index in [0.29, 0.717) is 5.92 Å². The van der Waals surface area contributed by atoms with Crippen LogP contribution in [0.1, 0.15) is 54.2 Å². The minimum atomic E-state index is -1.07. The molecule has 0 radical (unpaired) electrons. The summed E-state index contributed by atoms with van der Waals surface area (Å²) in [7, 11) is 0. The average Bonchev–Trinajstić information content (AvgIpc) is 2.29. The Morgan fingerprint density at radius 3 is 2.56 bits per heavy atom. The van der Waals surface area contributed by atoms with E-state index in [1.54, 1.807) is 0 Å². The summed E-state index contributed by atoms with van der Waals surface area (Å²) in [6, 6.07) is 2.66. The number of hydrogen-bond donors (Lipinski definition) is 2. The van der Waals surface area contributed by atoms with Gasteiger partial charge in [0.25, 0.3) is 0 Å². The molecule has 1 saturated carbocycles. The Hall–Kier alpha value is -1.58. The highest BCUT2D eigenvalue weighted by Crippen LogP contribution is 2.30. The van der Waals surface area contributed by atoms with Crippen molar-refractivity contribution in [2.45, 2.75) is 38.0 Å². The first-order valence-electron chi connectivity index (χ1n) is 5.64. The second-order valence-corrected chi connectivity index (χ2v) is 4.33. The summed E-state index contributed by atoms with van der Waals surface area (Å²) < 4.78 is 0. The molecule has 1 aromatic heterocycles. The van der Waals surface area contributed by atoms with E-state index in [2.05, 4.69) is 4.98 Å². The van der Waals surface area contributed by atoms with Crippen LogP contribution in [0, 0.1) is 0 Å². The van der Waals surface area contributed by atoms with E-state index in [0.717, 1.165) is 37.4 Å². The zero-order chi connectivity index (χ0) is 11.5. The second-order valence-electron chi connectivity index (χ2n) is 4.33. The fourth-order valence-electron chi connectivity index (χ4n) is 2.31. The van der Waals surface area contributed by atoms with Crippen LogP contribution in [0.5, 0.6) is 0 Å². The van der Waals surface area contributed by atoms with Crippen molar-refractivity contribution in [2.24, 2.45) is 0 Å². The van der Waals surface area contributed by atoms with Crippen molar-refractivity contribution in [3.05, 3.63) is 33.7 Å². The molecular formula is C12H15NO3. The normalized spacial score (nSPS) is 17.2. The first-order chi connectivity index (χ1) is 7.66. The molecule has 4 heteroatoms. The largest absolute Gasteiger partial charge is 0.477 e. The van der Waals surface area contributed by atoms with E-state index in [4.69, 9.17) is 5.11 Å². The highest BCUT2D eigenvalue weighted by Gasteiger charge is 2.17. The van der Waals surface area contributed by atoms with Crippen LogP contribution in [0.25, 0.3) is 0 Å². The lowest BCUT2D eigenvalue weighted by atomic mass is 9.86. The predicted molar refractivity (Wildman–Crippen MR) is 59.8 cm³/mol. The first kappa shape index (κ1) is 10.9. The van der Waals surface area contributed by atoms with E-state index in [9.17, 15) is 9.59 Å². The Morgan fingerprint density at radius 1 is 1.25 bits per heavy atom. The molecule has 0 saturated heterocycles. The quantitative estimate of drug-likeness (QED) is 0.803. The smallest absolute Gasteiger partial charge is 0.352 e. The maximum absolute atomic E-state index is 11.4. The summed E-state index contributed by atoms with van der Waals surface area (Å²) >= 11 is 0. The van der Waals surface area contributed by atoms with E-state index in [1.165, 1.54) is 12.5 Å². The molecule has 0 bridgehead atoms. The van der Waals surface area contributed by atoms with Gasteiger partial charge in [-0.1, -0.05) is 19.3 Å². The molecule has 2 N–H and O–H groups in total. The van der Waals surface area contributed by atoms with Gasteiger partial charge in [0.15, 0.2) is 5.43 Å². The second kappa shape index (κ2) is 4.51. The molecule has 2 rings (SSSR count). The Balaban J connectivity index is 2.32. The molecular weight excluding hydrogens is 206 g/mol. The van der Waals surface area contributed by atoms with Gasteiger partial charge in [-0.25, -0.2) is 4.79 Å². The van der Waals surface area contributed by atoms with Crippen LogP contribution in [0.3, 0.4) is 0 Å². The molecule has 1 aliphatic rings. The van der Waals surface area contributed by atoms with Crippen molar-refractivity contribution in [2.75, 3.05) is 0 Å². The third-order valence-corrected chi connectivity index (χ3v) is 3.14. The highest BCUT2D eigenvalue weighted by molar-refractivity contribution is 5.85. The van der Waals surface area contributed by atoms with Crippen LogP contribution in [0.4, 0.5) is 0 Å². The van der Waals surface area contributed by atoms with Crippen LogP contribution < -0.4 is 5.43 Å². The molecule has 0 atom stereocenters. The lowest BCUT2D eigenvalue weighted by Gasteiger charge is -2.21. The van der Waals surface area contributed by atoms with Crippen molar-refractivity contribution in [1.29, 1.82) is 0 Å². The van der Waals surface area contributed by atoms with Gasteiger partial charge >= 0.3 is 5.97 Å². The summed E-state index contributed by atoms with van der Waals surface area (Å²) in [4.78, 5) is 25.0. The number of carbonyl (C=O) groups is 1. The minimum absolute atomic E-state index is 0.00641.